The molecule has 0 aromatic heterocycles. The highest BCUT2D eigenvalue weighted by molar-refractivity contribution is 5.84. The van der Waals surface area contributed by atoms with Crippen LogP contribution in [-0.4, -0.2) is 25.0 Å². The summed E-state index contributed by atoms with van der Waals surface area (Å²) < 4.78 is 5.05. The Kier molecular flexibility index (Phi) is 3.50. The summed E-state index contributed by atoms with van der Waals surface area (Å²) in [4.78, 5) is 12.6. The fourth-order valence-electron chi connectivity index (χ4n) is 1.17. The number of hydrogen-bond acceptors (Lipinski definition) is 2. The Labute approximate surface area is 90.0 Å². The van der Waals surface area contributed by atoms with Gasteiger partial charge in [-0.25, -0.2) is 0 Å². The maximum Gasteiger partial charge on any atom is 0.223 e. The van der Waals surface area contributed by atoms with Gasteiger partial charge in [0.2, 0.25) is 5.91 Å². The third-order valence-corrected chi connectivity index (χ3v) is 2.30. The number of rotatable bonds is 3. The molecule has 1 aromatic rings. The summed E-state index contributed by atoms with van der Waals surface area (Å²) in [6.45, 7) is 5.37. The second-order valence-electron chi connectivity index (χ2n) is 3.25. The van der Waals surface area contributed by atoms with Crippen LogP contribution in [0.4, 0.5) is 0 Å². The molecule has 1 aromatic carbocycles. The number of ether oxygens (including phenoxy) is 1. The van der Waals surface area contributed by atoms with E-state index in [1.165, 1.54) is 11.8 Å². The molecular weight excluding hydrogens is 190 g/mol. The van der Waals surface area contributed by atoms with Gasteiger partial charge in [-0.15, -0.1) is 0 Å². The molecule has 0 saturated carbocycles. The van der Waals surface area contributed by atoms with Gasteiger partial charge in [-0.05, 0) is 29.8 Å². The van der Waals surface area contributed by atoms with Crippen molar-refractivity contribution in [2.75, 3.05) is 14.2 Å². The number of nitrogens with zero attached hydrogens (tertiary/aromatic N) is 1. The zero-order valence-corrected chi connectivity index (χ0v) is 9.28. The van der Waals surface area contributed by atoms with E-state index in [0.29, 0.717) is 5.70 Å². The monoisotopic (exact) mass is 205 g/mol. The average Bonchev–Trinajstić information content (AvgIpc) is 2.27. The van der Waals surface area contributed by atoms with Gasteiger partial charge in [-0.3, -0.25) is 4.79 Å². The molecule has 0 atom stereocenters. The molecule has 15 heavy (non-hydrogen) atoms. The Bertz CT molecular complexity index is 368. The van der Waals surface area contributed by atoms with E-state index in [1.807, 2.05) is 24.3 Å². The predicted octanol–water partition coefficient (Wildman–Crippen LogP) is 2.14. The molecule has 0 radical (unpaired) electrons. The second-order valence-corrected chi connectivity index (χ2v) is 3.25. The molecule has 3 heteroatoms. The zero-order chi connectivity index (χ0) is 11.4. The van der Waals surface area contributed by atoms with Gasteiger partial charge in [0, 0.05) is 19.7 Å². The minimum absolute atomic E-state index is 0.0316. The molecule has 0 aliphatic rings. The van der Waals surface area contributed by atoms with Crippen molar-refractivity contribution in [3.8, 4) is 5.75 Å². The van der Waals surface area contributed by atoms with Gasteiger partial charge in [0.15, 0.2) is 0 Å². The van der Waals surface area contributed by atoms with Gasteiger partial charge in [-0.1, -0.05) is 6.58 Å². The molecule has 0 aliphatic heterocycles. The Hall–Kier alpha value is -1.77. The van der Waals surface area contributed by atoms with Gasteiger partial charge >= 0.3 is 0 Å². The van der Waals surface area contributed by atoms with Gasteiger partial charge in [0.05, 0.1) is 7.11 Å². The van der Waals surface area contributed by atoms with Gasteiger partial charge in [0.1, 0.15) is 5.75 Å². The van der Waals surface area contributed by atoms with Crippen molar-refractivity contribution >= 4 is 11.6 Å². The first-order valence-corrected chi connectivity index (χ1v) is 4.64. The Morgan fingerprint density at radius 3 is 2.27 bits per heavy atom. The van der Waals surface area contributed by atoms with Gasteiger partial charge in [-0.2, -0.15) is 0 Å². The van der Waals surface area contributed by atoms with Crippen LogP contribution in [0.3, 0.4) is 0 Å². The fraction of sp³-hybridized carbons (Fsp3) is 0.250. The van der Waals surface area contributed by atoms with E-state index in [4.69, 9.17) is 4.74 Å². The molecule has 0 bridgehead atoms. The van der Waals surface area contributed by atoms with Crippen LogP contribution < -0.4 is 4.74 Å². The standard InChI is InChI=1S/C12H15NO2/c1-9(13(3)10(2)14)11-5-7-12(15-4)8-6-11/h5-8H,1H2,2-4H3. The van der Waals surface area contributed by atoms with E-state index < -0.39 is 0 Å². The molecule has 0 saturated heterocycles. The smallest absolute Gasteiger partial charge is 0.223 e. The Balaban J connectivity index is 2.87. The highest BCUT2D eigenvalue weighted by Gasteiger charge is 2.08. The molecule has 0 aliphatic carbocycles. The van der Waals surface area contributed by atoms with E-state index in [0.717, 1.165) is 11.3 Å². The lowest BCUT2D eigenvalue weighted by molar-refractivity contribution is -0.124. The van der Waals surface area contributed by atoms with Crippen molar-refractivity contribution in [1.82, 2.24) is 4.90 Å². The number of methoxy groups -OCH3 is 1. The molecule has 80 valence electrons. The molecule has 0 heterocycles. The SMILES string of the molecule is C=C(c1ccc(OC)cc1)N(C)C(C)=O. The Morgan fingerprint density at radius 2 is 1.87 bits per heavy atom. The van der Waals surface area contributed by atoms with Crippen molar-refractivity contribution in [2.24, 2.45) is 0 Å². The van der Waals surface area contributed by atoms with Crippen LogP contribution in [0.1, 0.15) is 12.5 Å². The molecule has 0 unspecified atom stereocenters. The number of hydrogen-bond donors (Lipinski definition) is 0. The third-order valence-electron chi connectivity index (χ3n) is 2.30. The van der Waals surface area contributed by atoms with Crippen LogP contribution in [-0.2, 0) is 4.79 Å². The van der Waals surface area contributed by atoms with E-state index in [9.17, 15) is 4.79 Å². The normalized spacial score (nSPS) is 9.53. The van der Waals surface area contributed by atoms with Gasteiger partial charge < -0.3 is 9.64 Å². The summed E-state index contributed by atoms with van der Waals surface area (Å²) >= 11 is 0. The molecular formula is C12H15NO2. The van der Waals surface area contributed by atoms with Gasteiger partial charge in [0.25, 0.3) is 0 Å². The van der Waals surface area contributed by atoms with Crippen molar-refractivity contribution < 1.29 is 9.53 Å². The summed E-state index contributed by atoms with van der Waals surface area (Å²) in [6.07, 6.45) is 0. The maximum absolute atomic E-state index is 11.1. The topological polar surface area (TPSA) is 29.5 Å². The first-order chi connectivity index (χ1) is 7.06. The average molecular weight is 205 g/mol. The van der Waals surface area contributed by atoms with Crippen molar-refractivity contribution in [3.63, 3.8) is 0 Å². The quantitative estimate of drug-likeness (QED) is 0.756. The van der Waals surface area contributed by atoms with Crippen LogP contribution in [0.25, 0.3) is 5.70 Å². The van der Waals surface area contributed by atoms with E-state index in [1.54, 1.807) is 14.2 Å². The molecule has 3 nitrogen and oxygen atoms in total. The summed E-state index contributed by atoms with van der Waals surface area (Å²) in [5.74, 6) is 0.757. The maximum atomic E-state index is 11.1. The van der Waals surface area contributed by atoms with E-state index in [2.05, 4.69) is 6.58 Å². The lowest BCUT2D eigenvalue weighted by Gasteiger charge is -2.18. The van der Waals surface area contributed by atoms with Crippen LogP contribution in [0.15, 0.2) is 30.8 Å². The molecule has 0 spiro atoms. The minimum Gasteiger partial charge on any atom is -0.497 e. The number of carbonyl (C=O) groups is 1. The van der Waals surface area contributed by atoms with Crippen LogP contribution in [0.2, 0.25) is 0 Å². The summed E-state index contributed by atoms with van der Waals surface area (Å²) in [5.41, 5.74) is 1.60. The zero-order valence-electron chi connectivity index (χ0n) is 9.28. The molecule has 0 fully saturated rings. The number of benzene rings is 1. The third kappa shape index (κ3) is 2.59. The Morgan fingerprint density at radius 1 is 1.33 bits per heavy atom. The first-order valence-electron chi connectivity index (χ1n) is 4.64. The number of carbonyl (C=O) groups excluding carboxylic acids is 1. The highest BCUT2D eigenvalue weighted by Crippen LogP contribution is 2.19. The molecule has 0 N–H and O–H groups in total. The second kappa shape index (κ2) is 4.64. The predicted molar refractivity (Wildman–Crippen MR) is 60.5 cm³/mol. The lowest BCUT2D eigenvalue weighted by atomic mass is 10.1. The summed E-state index contributed by atoms with van der Waals surface area (Å²) in [7, 11) is 3.32. The fourth-order valence-corrected chi connectivity index (χ4v) is 1.17. The summed E-state index contributed by atoms with van der Waals surface area (Å²) in [6, 6.07) is 7.43. The first kappa shape index (κ1) is 11.3. The highest BCUT2D eigenvalue weighted by atomic mass is 16.5. The lowest BCUT2D eigenvalue weighted by Crippen LogP contribution is -2.21. The van der Waals surface area contributed by atoms with Crippen LogP contribution in [0, 0.1) is 0 Å². The largest absolute Gasteiger partial charge is 0.497 e. The molecule has 1 rings (SSSR count). The molecule has 1 amide bonds. The van der Waals surface area contributed by atoms with Crippen molar-refractivity contribution in [1.29, 1.82) is 0 Å². The van der Waals surface area contributed by atoms with Crippen molar-refractivity contribution in [3.05, 3.63) is 36.4 Å². The summed E-state index contributed by atoms with van der Waals surface area (Å²) in [5, 5.41) is 0. The minimum atomic E-state index is -0.0316. The van der Waals surface area contributed by atoms with E-state index in [-0.39, 0.29) is 5.91 Å². The van der Waals surface area contributed by atoms with E-state index >= 15 is 0 Å². The van der Waals surface area contributed by atoms with Crippen LogP contribution >= 0.6 is 0 Å². The number of amides is 1. The van der Waals surface area contributed by atoms with Crippen LogP contribution in [0.5, 0.6) is 5.75 Å². The van der Waals surface area contributed by atoms with Crippen molar-refractivity contribution in [2.45, 2.75) is 6.92 Å².